The van der Waals surface area contributed by atoms with Gasteiger partial charge in [-0.3, -0.25) is 14.6 Å². The van der Waals surface area contributed by atoms with Crippen LogP contribution in [-0.2, 0) is 17.1 Å². The third kappa shape index (κ3) is 5.92. The van der Waals surface area contributed by atoms with Gasteiger partial charge in [0.25, 0.3) is 0 Å². The van der Waals surface area contributed by atoms with Crippen molar-refractivity contribution < 1.29 is 31.1 Å². The third-order valence-corrected chi connectivity index (χ3v) is 6.89. The number of fused-ring (bicyclic) bond motifs is 1. The Morgan fingerprint density at radius 1 is 1.00 bits per heavy atom. The second-order valence-corrected chi connectivity index (χ2v) is 9.27. The number of alkyl halides is 6. The number of nitrogens with one attached hydrogen (secondary N) is 1. The first-order valence-electron chi connectivity index (χ1n) is 11.2. The SMILES string of the molecule is O=C(CNc1cc(C(F)(F)F)cc(C(F)(F)F)c1)C(c1ccccc1Cl)N1CCN2CCC[C@H]2C1. The molecule has 4 nitrogen and oxygen atoms in total. The summed E-state index contributed by atoms with van der Waals surface area (Å²) in [6.45, 7) is 2.54. The Morgan fingerprint density at radius 2 is 1.66 bits per heavy atom. The molecule has 190 valence electrons. The average molecular weight is 520 g/mol. The summed E-state index contributed by atoms with van der Waals surface area (Å²) in [6.07, 6.45) is -7.87. The molecule has 0 bridgehead atoms. The van der Waals surface area contributed by atoms with Crippen LogP contribution in [0.5, 0.6) is 0 Å². The molecule has 35 heavy (non-hydrogen) atoms. The quantitative estimate of drug-likeness (QED) is 0.484. The van der Waals surface area contributed by atoms with E-state index in [9.17, 15) is 31.1 Å². The number of Topliss-reactive ketones (excluding diaryl/α,β-unsaturated/α-hetero) is 1. The van der Waals surface area contributed by atoms with Crippen LogP contribution in [-0.4, -0.2) is 54.3 Å². The first-order valence-corrected chi connectivity index (χ1v) is 11.6. The molecule has 0 saturated carbocycles. The second-order valence-electron chi connectivity index (χ2n) is 8.87. The number of hydrogen-bond donors (Lipinski definition) is 1. The number of ketones is 1. The molecule has 0 amide bonds. The maximum Gasteiger partial charge on any atom is 0.416 e. The Kier molecular flexibility index (Phi) is 7.36. The monoisotopic (exact) mass is 519 g/mol. The van der Waals surface area contributed by atoms with Gasteiger partial charge < -0.3 is 5.32 Å². The summed E-state index contributed by atoms with van der Waals surface area (Å²) in [5.74, 6) is -0.393. The first kappa shape index (κ1) is 25.8. The van der Waals surface area contributed by atoms with Crippen LogP contribution in [0.4, 0.5) is 32.0 Å². The Balaban J connectivity index is 1.59. The third-order valence-electron chi connectivity index (χ3n) is 6.54. The Morgan fingerprint density at radius 3 is 2.29 bits per heavy atom. The minimum absolute atomic E-state index is 0.0562. The summed E-state index contributed by atoms with van der Waals surface area (Å²) in [4.78, 5) is 17.8. The zero-order valence-electron chi connectivity index (χ0n) is 18.6. The molecular formula is C24H24ClF6N3O. The zero-order chi connectivity index (χ0) is 25.4. The van der Waals surface area contributed by atoms with Crippen molar-refractivity contribution in [2.75, 3.05) is 38.0 Å². The number of carbonyl (C=O) groups excluding carboxylic acids is 1. The topological polar surface area (TPSA) is 35.6 Å². The summed E-state index contributed by atoms with van der Waals surface area (Å²) < 4.78 is 79.1. The maximum absolute atomic E-state index is 13.4. The van der Waals surface area contributed by atoms with Crippen LogP contribution in [0.2, 0.25) is 5.02 Å². The molecule has 2 atom stereocenters. The van der Waals surface area contributed by atoms with E-state index in [4.69, 9.17) is 11.6 Å². The van der Waals surface area contributed by atoms with Crippen LogP contribution >= 0.6 is 11.6 Å². The van der Waals surface area contributed by atoms with Gasteiger partial charge in [-0.2, -0.15) is 26.3 Å². The molecule has 1 unspecified atom stereocenters. The van der Waals surface area contributed by atoms with Crippen molar-refractivity contribution in [2.24, 2.45) is 0 Å². The molecule has 2 heterocycles. The molecule has 0 aliphatic carbocycles. The fourth-order valence-electron chi connectivity index (χ4n) is 4.86. The summed E-state index contributed by atoms with van der Waals surface area (Å²) in [6, 6.07) is 7.57. The van der Waals surface area contributed by atoms with E-state index < -0.39 is 47.5 Å². The molecule has 2 saturated heterocycles. The van der Waals surface area contributed by atoms with Crippen LogP contribution < -0.4 is 5.32 Å². The molecule has 11 heteroatoms. The van der Waals surface area contributed by atoms with Crippen molar-refractivity contribution in [1.82, 2.24) is 9.80 Å². The lowest BCUT2D eigenvalue weighted by Crippen LogP contribution is -2.52. The van der Waals surface area contributed by atoms with Crippen molar-refractivity contribution in [3.8, 4) is 0 Å². The highest BCUT2D eigenvalue weighted by atomic mass is 35.5. The van der Waals surface area contributed by atoms with Crippen LogP contribution in [0.15, 0.2) is 42.5 Å². The molecular weight excluding hydrogens is 496 g/mol. The summed E-state index contributed by atoms with van der Waals surface area (Å²) in [7, 11) is 0. The molecule has 2 fully saturated rings. The lowest BCUT2D eigenvalue weighted by atomic mass is 9.98. The molecule has 1 N–H and O–H groups in total. The van der Waals surface area contributed by atoms with Gasteiger partial charge >= 0.3 is 12.4 Å². The van der Waals surface area contributed by atoms with E-state index in [0.717, 1.165) is 25.9 Å². The van der Waals surface area contributed by atoms with Crippen molar-refractivity contribution in [3.63, 3.8) is 0 Å². The second kappa shape index (κ2) is 9.99. The smallest absolute Gasteiger partial charge is 0.378 e. The van der Waals surface area contributed by atoms with Gasteiger partial charge in [0.1, 0.15) is 0 Å². The van der Waals surface area contributed by atoms with Crippen LogP contribution in [0.3, 0.4) is 0 Å². The van der Waals surface area contributed by atoms with Gasteiger partial charge in [0.05, 0.1) is 23.7 Å². The minimum Gasteiger partial charge on any atom is -0.378 e. The van der Waals surface area contributed by atoms with E-state index in [1.54, 1.807) is 24.3 Å². The summed E-state index contributed by atoms with van der Waals surface area (Å²) in [5, 5.41) is 2.87. The number of halogens is 7. The lowest BCUT2D eigenvalue weighted by Gasteiger charge is -2.41. The van der Waals surface area contributed by atoms with Gasteiger partial charge in [-0.1, -0.05) is 29.8 Å². The van der Waals surface area contributed by atoms with Crippen LogP contribution in [0, 0.1) is 0 Å². The zero-order valence-corrected chi connectivity index (χ0v) is 19.4. The number of rotatable bonds is 6. The average Bonchev–Trinajstić information content (AvgIpc) is 3.26. The standard InChI is InChI=1S/C24H24ClF6N3O/c25-20-6-2-1-5-19(20)22(34-9-8-33-7-3-4-18(33)14-34)21(35)13-32-17-11-15(23(26,27)28)10-16(12-17)24(29,30)31/h1-2,5-6,10-12,18,22,32H,3-4,7-9,13-14H2/t18-,22?/m0/s1. The molecule has 4 rings (SSSR count). The van der Waals surface area contributed by atoms with Crippen molar-refractivity contribution >= 4 is 23.1 Å². The largest absolute Gasteiger partial charge is 0.416 e. The van der Waals surface area contributed by atoms with Crippen molar-refractivity contribution in [2.45, 2.75) is 37.3 Å². The minimum atomic E-state index is -4.97. The predicted octanol–water partition coefficient (Wildman–Crippen LogP) is 5.88. The Bertz CT molecular complexity index is 1040. The maximum atomic E-state index is 13.4. The predicted molar refractivity (Wildman–Crippen MR) is 120 cm³/mol. The van der Waals surface area contributed by atoms with Crippen molar-refractivity contribution in [1.29, 1.82) is 0 Å². The summed E-state index contributed by atoms with van der Waals surface area (Å²) in [5.41, 5.74) is -2.75. The number of carbonyl (C=O) groups is 1. The first-order chi connectivity index (χ1) is 16.4. The van der Waals surface area contributed by atoms with Gasteiger partial charge in [-0.15, -0.1) is 0 Å². The molecule has 2 aliphatic heterocycles. The van der Waals surface area contributed by atoms with E-state index in [1.165, 1.54) is 0 Å². The van der Waals surface area contributed by atoms with Crippen LogP contribution in [0.1, 0.15) is 35.6 Å². The van der Waals surface area contributed by atoms with E-state index in [-0.39, 0.29) is 6.07 Å². The highest BCUT2D eigenvalue weighted by Crippen LogP contribution is 2.38. The highest BCUT2D eigenvalue weighted by Gasteiger charge is 2.39. The summed E-state index contributed by atoms with van der Waals surface area (Å²) >= 11 is 6.39. The fourth-order valence-corrected chi connectivity index (χ4v) is 5.10. The van der Waals surface area contributed by atoms with E-state index in [2.05, 4.69) is 10.2 Å². The van der Waals surface area contributed by atoms with Gasteiger partial charge in [-0.05, 0) is 49.2 Å². The molecule has 0 aromatic heterocycles. The molecule has 2 aliphatic rings. The normalized spacial score (nSPS) is 20.5. The number of piperazine rings is 1. The highest BCUT2D eigenvalue weighted by molar-refractivity contribution is 6.31. The Hall–Kier alpha value is -2.30. The van der Waals surface area contributed by atoms with Gasteiger partial charge in [-0.25, -0.2) is 0 Å². The number of hydrogen-bond acceptors (Lipinski definition) is 4. The van der Waals surface area contributed by atoms with E-state index in [0.29, 0.717) is 41.9 Å². The number of nitrogens with zero attached hydrogens (tertiary/aromatic N) is 2. The van der Waals surface area contributed by atoms with Gasteiger partial charge in [0.15, 0.2) is 5.78 Å². The number of anilines is 1. The molecule has 2 aromatic carbocycles. The molecule has 0 spiro atoms. The fraction of sp³-hybridized carbons (Fsp3) is 0.458. The van der Waals surface area contributed by atoms with E-state index in [1.807, 2.05) is 4.90 Å². The Labute approximate surface area is 203 Å². The van der Waals surface area contributed by atoms with E-state index >= 15 is 0 Å². The number of benzene rings is 2. The lowest BCUT2D eigenvalue weighted by molar-refractivity contribution is -0.143. The van der Waals surface area contributed by atoms with Crippen LogP contribution in [0.25, 0.3) is 0 Å². The van der Waals surface area contributed by atoms with Gasteiger partial charge in [0.2, 0.25) is 0 Å². The molecule has 2 aromatic rings. The van der Waals surface area contributed by atoms with Gasteiger partial charge in [0, 0.05) is 36.4 Å². The molecule has 0 radical (unpaired) electrons. The van der Waals surface area contributed by atoms with Crippen molar-refractivity contribution in [3.05, 3.63) is 64.2 Å².